The molecule has 2 amide bonds. The van der Waals surface area contributed by atoms with Crippen LogP contribution < -0.4 is 15.6 Å². The van der Waals surface area contributed by atoms with Crippen LogP contribution in [0.15, 0.2) is 53.3 Å². The molecule has 13 heteroatoms. The highest BCUT2D eigenvalue weighted by molar-refractivity contribution is 8.00. The summed E-state index contributed by atoms with van der Waals surface area (Å²) in [4.78, 5) is 54.1. The number of carbonyl (C=O) groups is 4. The summed E-state index contributed by atoms with van der Waals surface area (Å²) in [5.41, 5.74) is 6.33. The average Bonchev–Trinajstić information content (AvgIpc) is 3.23. The fourth-order valence-corrected chi connectivity index (χ4v) is 5.60. The number of fused-ring (bicyclic) bond motifs is 1. The van der Waals surface area contributed by atoms with Crippen LogP contribution in [0.2, 0.25) is 0 Å². The normalized spacial score (nSPS) is 19.9. The number of rotatable bonds is 8. The minimum atomic E-state index is -1.21. The van der Waals surface area contributed by atoms with Crippen molar-refractivity contribution in [2.24, 2.45) is 0 Å². The van der Waals surface area contributed by atoms with Crippen molar-refractivity contribution >= 4 is 57.6 Å². The van der Waals surface area contributed by atoms with E-state index in [1.807, 2.05) is 22.8 Å². The van der Waals surface area contributed by atoms with E-state index in [0.717, 1.165) is 11.3 Å². The predicted octanol–water partition coefficient (Wildman–Crippen LogP) is 0.310. The minimum Gasteiger partial charge on any atom is -0.481 e. The number of amides is 2. The van der Waals surface area contributed by atoms with Crippen LogP contribution in [-0.2, 0) is 25.7 Å². The van der Waals surface area contributed by atoms with E-state index in [0.29, 0.717) is 17.9 Å². The van der Waals surface area contributed by atoms with Crippen LogP contribution in [0.25, 0.3) is 5.57 Å². The molecule has 0 bridgehead atoms. The van der Waals surface area contributed by atoms with Crippen molar-refractivity contribution in [3.8, 4) is 0 Å². The average molecular weight is 503 g/mol. The monoisotopic (exact) mass is 502 g/mol. The number of hydrogen-bond acceptors (Lipinski definition) is 8. The Labute approximate surface area is 201 Å². The van der Waals surface area contributed by atoms with Crippen molar-refractivity contribution in [1.82, 2.24) is 15.2 Å². The summed E-state index contributed by atoms with van der Waals surface area (Å²) in [6, 6.07) is 4.54. The zero-order chi connectivity index (χ0) is 24.4. The second kappa shape index (κ2) is 9.65. The number of aromatic nitrogens is 2. The van der Waals surface area contributed by atoms with E-state index in [2.05, 4.69) is 10.3 Å². The topological polar surface area (TPSA) is 167 Å². The van der Waals surface area contributed by atoms with E-state index in [1.165, 1.54) is 28.1 Å². The Morgan fingerprint density at radius 2 is 2.00 bits per heavy atom. The lowest BCUT2D eigenvalue weighted by molar-refractivity contribution is -0.689. The van der Waals surface area contributed by atoms with E-state index in [4.69, 9.17) is 10.8 Å². The minimum absolute atomic E-state index is 0.0161. The molecule has 1 saturated heterocycles. The van der Waals surface area contributed by atoms with E-state index >= 15 is 0 Å². The number of nitrogen functional groups attached to an aromatic ring is 1. The van der Waals surface area contributed by atoms with E-state index in [-0.39, 0.29) is 22.1 Å². The Balaban J connectivity index is 1.54. The Bertz CT molecular complexity index is 1230. The van der Waals surface area contributed by atoms with Crippen molar-refractivity contribution in [1.29, 1.82) is 0 Å². The number of carboxylic acids is 2. The number of nitrogens with one attached hydrogen (secondary N) is 1. The van der Waals surface area contributed by atoms with Gasteiger partial charge in [-0.15, -0.1) is 23.1 Å². The first-order valence-electron chi connectivity index (χ1n) is 10.0. The maximum Gasteiger partial charge on any atom is 0.352 e. The lowest BCUT2D eigenvalue weighted by Gasteiger charge is -2.49. The van der Waals surface area contributed by atoms with Crippen LogP contribution in [-0.4, -0.2) is 61.0 Å². The standard InChI is InChI=1S/C21H19N5O6S2/c22-21-23-13(10-34-21)12(4-5-14(27)28)17(29)24-15-18(30)26-16(20(31)32)11(9-33-19(15)26)8-25-6-2-1-3-7-25/h1-4,6-7,10,15,19H,5,8-9H2,(H4-,22,23,24,27,28,29,31,32)/p+1/t15-,19+/m1/s1. The quantitative estimate of drug-likeness (QED) is 0.226. The number of pyridine rings is 1. The van der Waals surface area contributed by atoms with Gasteiger partial charge in [0.05, 0.1) is 17.7 Å². The van der Waals surface area contributed by atoms with Gasteiger partial charge in [0, 0.05) is 28.8 Å². The van der Waals surface area contributed by atoms with Gasteiger partial charge in [0.25, 0.3) is 11.8 Å². The molecule has 5 N–H and O–H groups in total. The first-order chi connectivity index (χ1) is 16.3. The number of carbonyl (C=O) groups excluding carboxylic acids is 2. The van der Waals surface area contributed by atoms with Crippen molar-refractivity contribution in [2.75, 3.05) is 11.5 Å². The summed E-state index contributed by atoms with van der Waals surface area (Å²) in [7, 11) is 0. The van der Waals surface area contributed by atoms with Crippen LogP contribution in [0, 0.1) is 0 Å². The Kier molecular flexibility index (Phi) is 6.65. The Hall–Kier alpha value is -3.71. The van der Waals surface area contributed by atoms with E-state index in [9.17, 15) is 24.3 Å². The van der Waals surface area contributed by atoms with E-state index in [1.54, 1.807) is 12.4 Å². The summed E-state index contributed by atoms with van der Waals surface area (Å²) in [6.07, 6.45) is 4.40. The predicted molar refractivity (Wildman–Crippen MR) is 123 cm³/mol. The molecule has 2 aromatic heterocycles. The lowest BCUT2D eigenvalue weighted by atomic mass is 10.0. The molecule has 11 nitrogen and oxygen atoms in total. The molecule has 0 unspecified atom stereocenters. The van der Waals surface area contributed by atoms with Gasteiger partial charge in [-0.3, -0.25) is 19.3 Å². The highest BCUT2D eigenvalue weighted by atomic mass is 32.2. The smallest absolute Gasteiger partial charge is 0.352 e. The third-order valence-corrected chi connectivity index (χ3v) is 7.22. The van der Waals surface area contributed by atoms with Gasteiger partial charge in [0.1, 0.15) is 17.1 Å². The third kappa shape index (κ3) is 4.65. The van der Waals surface area contributed by atoms with Crippen LogP contribution in [0.5, 0.6) is 0 Å². The van der Waals surface area contributed by atoms with Crippen LogP contribution in [0.3, 0.4) is 0 Å². The number of β-lactam (4-membered cyclic amide) rings is 1. The summed E-state index contributed by atoms with van der Waals surface area (Å²) in [6.45, 7) is 0.316. The molecule has 0 aromatic carbocycles. The van der Waals surface area contributed by atoms with Crippen LogP contribution in [0.4, 0.5) is 5.13 Å². The van der Waals surface area contributed by atoms with Crippen LogP contribution >= 0.6 is 23.1 Å². The van der Waals surface area contributed by atoms with Gasteiger partial charge in [-0.25, -0.2) is 14.3 Å². The molecule has 0 radical (unpaired) electrons. The molecule has 2 aliphatic rings. The third-order valence-electron chi connectivity index (χ3n) is 5.21. The molecular weight excluding hydrogens is 482 g/mol. The summed E-state index contributed by atoms with van der Waals surface area (Å²) >= 11 is 2.45. The summed E-state index contributed by atoms with van der Waals surface area (Å²) in [5.74, 6) is -3.21. The second-order valence-corrected chi connectivity index (χ2v) is 9.45. The molecule has 176 valence electrons. The van der Waals surface area contributed by atoms with Gasteiger partial charge in [-0.05, 0) is 0 Å². The lowest BCUT2D eigenvalue weighted by Crippen LogP contribution is -2.70. The largest absolute Gasteiger partial charge is 0.481 e. The van der Waals surface area contributed by atoms with Crippen molar-refractivity contribution < 1.29 is 34.0 Å². The number of carboxylic acid groups (broad SMARTS) is 2. The number of nitrogens with zero attached hydrogens (tertiary/aromatic N) is 3. The summed E-state index contributed by atoms with van der Waals surface area (Å²) in [5, 5.41) is 22.6. The molecule has 2 aromatic rings. The number of aliphatic carboxylic acids is 2. The van der Waals surface area contributed by atoms with Gasteiger partial charge in [0.2, 0.25) is 0 Å². The molecular formula is C21H20N5O6S2+. The molecule has 34 heavy (non-hydrogen) atoms. The number of thioether (sulfide) groups is 1. The maximum absolute atomic E-state index is 12.9. The van der Waals surface area contributed by atoms with Crippen molar-refractivity contribution in [3.05, 3.63) is 59.0 Å². The molecule has 0 aliphatic carbocycles. The zero-order valence-corrected chi connectivity index (χ0v) is 19.2. The highest BCUT2D eigenvalue weighted by Gasteiger charge is 2.54. The molecule has 1 fully saturated rings. The molecule has 0 saturated carbocycles. The van der Waals surface area contributed by atoms with Gasteiger partial charge < -0.3 is 21.3 Å². The number of thiazole rings is 1. The van der Waals surface area contributed by atoms with Gasteiger partial charge in [-0.1, -0.05) is 12.1 Å². The molecule has 4 rings (SSSR count). The van der Waals surface area contributed by atoms with E-state index < -0.39 is 41.6 Å². The molecule has 2 atom stereocenters. The molecule has 0 spiro atoms. The number of anilines is 1. The van der Waals surface area contributed by atoms with Gasteiger partial charge in [0.15, 0.2) is 24.1 Å². The second-order valence-electron chi connectivity index (χ2n) is 7.45. The molecule has 4 heterocycles. The zero-order valence-electron chi connectivity index (χ0n) is 17.6. The van der Waals surface area contributed by atoms with Crippen molar-refractivity contribution in [2.45, 2.75) is 24.4 Å². The fourth-order valence-electron chi connectivity index (χ4n) is 3.70. The first kappa shape index (κ1) is 23.4. The maximum atomic E-state index is 12.9. The fraction of sp³-hybridized carbons (Fsp3) is 0.238. The van der Waals surface area contributed by atoms with Gasteiger partial charge >= 0.3 is 11.9 Å². The first-order valence-corrected chi connectivity index (χ1v) is 12.0. The Morgan fingerprint density at radius 3 is 2.62 bits per heavy atom. The van der Waals surface area contributed by atoms with Gasteiger partial charge in [-0.2, -0.15) is 0 Å². The van der Waals surface area contributed by atoms with Crippen LogP contribution in [0.1, 0.15) is 12.1 Å². The SMILES string of the molecule is Nc1nc(C(=CCC(=O)O)C(=O)N[C@@H]2C(=O)N3C(C(=O)O)=C(C[n+]4ccccc4)CS[C@@H]23)cs1. The number of nitrogens with two attached hydrogens (primary N) is 1. The highest BCUT2D eigenvalue weighted by Crippen LogP contribution is 2.40. The van der Waals surface area contributed by atoms with Crippen molar-refractivity contribution in [3.63, 3.8) is 0 Å². The number of hydrogen-bond donors (Lipinski definition) is 4. The summed E-state index contributed by atoms with van der Waals surface area (Å²) < 4.78 is 1.82. The molecule has 2 aliphatic heterocycles. The Morgan fingerprint density at radius 1 is 1.26 bits per heavy atom.